The molecule has 3 rings (SSSR count). The molecule has 104 valence electrons. The highest BCUT2D eigenvalue weighted by atomic mass is 16.5. The van der Waals surface area contributed by atoms with Crippen LogP contribution in [0.15, 0.2) is 18.2 Å². The number of nitrogens with zero attached hydrogens (tertiary/aromatic N) is 1. The van der Waals surface area contributed by atoms with E-state index in [2.05, 4.69) is 20.8 Å². The Morgan fingerprint density at radius 2 is 2.15 bits per heavy atom. The molecule has 1 aromatic heterocycles. The molecule has 2 aromatic rings. The fourth-order valence-corrected chi connectivity index (χ4v) is 2.24. The molecular formula is C13H14N4O3. The number of aryl methyl sites for hydroxylation is 1. The molecule has 0 aliphatic carbocycles. The zero-order valence-corrected chi connectivity index (χ0v) is 11.0. The summed E-state index contributed by atoms with van der Waals surface area (Å²) in [7, 11) is 1.48. The van der Waals surface area contributed by atoms with E-state index < -0.39 is 6.17 Å². The summed E-state index contributed by atoms with van der Waals surface area (Å²) >= 11 is 0. The minimum atomic E-state index is -0.540. The van der Waals surface area contributed by atoms with Crippen LogP contribution >= 0.6 is 0 Å². The molecule has 2 heterocycles. The summed E-state index contributed by atoms with van der Waals surface area (Å²) in [5, 5.41) is 22.7. The predicted molar refractivity (Wildman–Crippen MR) is 71.8 cm³/mol. The average Bonchev–Trinajstić information content (AvgIpc) is 2.81. The quantitative estimate of drug-likeness (QED) is 0.661. The van der Waals surface area contributed by atoms with Gasteiger partial charge in [-0.25, -0.2) is 0 Å². The van der Waals surface area contributed by atoms with Gasteiger partial charge in [-0.05, 0) is 13.0 Å². The van der Waals surface area contributed by atoms with Crippen molar-refractivity contribution in [3.8, 4) is 11.5 Å². The molecule has 1 aliphatic heterocycles. The van der Waals surface area contributed by atoms with Crippen molar-refractivity contribution in [1.82, 2.24) is 15.5 Å². The predicted octanol–water partition coefficient (Wildman–Crippen LogP) is 1.29. The normalized spacial score (nSPS) is 17.1. The Balaban J connectivity index is 2.02. The molecular weight excluding hydrogens is 260 g/mol. The number of nitrogens with one attached hydrogen (secondary N) is 3. The number of H-pyrrole nitrogens is 1. The molecule has 1 unspecified atom stereocenters. The number of methoxy groups -OCH3 is 1. The number of aromatic hydroxyl groups is 1. The first-order chi connectivity index (χ1) is 9.61. The molecule has 1 atom stereocenters. The van der Waals surface area contributed by atoms with Gasteiger partial charge in [0.25, 0.3) is 5.91 Å². The molecule has 0 saturated carbocycles. The molecule has 1 aromatic carbocycles. The van der Waals surface area contributed by atoms with Crippen molar-refractivity contribution >= 4 is 11.6 Å². The summed E-state index contributed by atoms with van der Waals surface area (Å²) < 4.78 is 5.07. The van der Waals surface area contributed by atoms with Crippen LogP contribution in [0.4, 0.5) is 5.69 Å². The molecule has 20 heavy (non-hydrogen) atoms. The van der Waals surface area contributed by atoms with Gasteiger partial charge in [0.15, 0.2) is 17.2 Å². The van der Waals surface area contributed by atoms with Crippen molar-refractivity contribution in [3.63, 3.8) is 0 Å². The highest BCUT2D eigenvalue weighted by Gasteiger charge is 2.30. The maximum Gasteiger partial charge on any atom is 0.275 e. The van der Waals surface area contributed by atoms with E-state index in [0.29, 0.717) is 22.7 Å². The van der Waals surface area contributed by atoms with Gasteiger partial charge in [0, 0.05) is 5.56 Å². The van der Waals surface area contributed by atoms with Crippen LogP contribution in [-0.4, -0.2) is 28.3 Å². The molecule has 0 spiro atoms. The molecule has 0 bridgehead atoms. The van der Waals surface area contributed by atoms with Crippen LogP contribution in [0.25, 0.3) is 0 Å². The van der Waals surface area contributed by atoms with Crippen molar-refractivity contribution in [2.45, 2.75) is 13.1 Å². The SMILES string of the molecule is COc1cccc(C2NC(=O)c3n[nH]c(C)c3N2)c1O. The van der Waals surface area contributed by atoms with E-state index in [9.17, 15) is 9.90 Å². The Hall–Kier alpha value is -2.70. The van der Waals surface area contributed by atoms with E-state index in [4.69, 9.17) is 4.74 Å². The maximum absolute atomic E-state index is 12.0. The number of phenols is 1. The van der Waals surface area contributed by atoms with Crippen LogP contribution in [0, 0.1) is 6.92 Å². The van der Waals surface area contributed by atoms with Crippen LogP contribution in [0.3, 0.4) is 0 Å². The molecule has 0 radical (unpaired) electrons. The number of hydrogen-bond acceptors (Lipinski definition) is 5. The van der Waals surface area contributed by atoms with Crippen LogP contribution in [-0.2, 0) is 0 Å². The third-order valence-corrected chi connectivity index (χ3v) is 3.29. The first kappa shape index (κ1) is 12.3. The van der Waals surface area contributed by atoms with E-state index in [1.807, 2.05) is 6.92 Å². The van der Waals surface area contributed by atoms with Gasteiger partial charge in [0.05, 0.1) is 18.5 Å². The summed E-state index contributed by atoms with van der Waals surface area (Å²) in [5.74, 6) is 0.0565. The standard InChI is InChI=1S/C13H14N4O3/c1-6-9-10(17-16-6)13(19)15-12(14-9)7-4-3-5-8(20-2)11(7)18/h3-5,12,14,18H,1-2H3,(H,15,19)(H,16,17). The van der Waals surface area contributed by atoms with Gasteiger partial charge in [0.1, 0.15) is 6.17 Å². The van der Waals surface area contributed by atoms with Gasteiger partial charge < -0.3 is 20.5 Å². The molecule has 0 saturated heterocycles. The van der Waals surface area contributed by atoms with Crippen molar-refractivity contribution in [2.75, 3.05) is 12.4 Å². The van der Waals surface area contributed by atoms with Crippen LogP contribution < -0.4 is 15.4 Å². The Morgan fingerprint density at radius 3 is 2.90 bits per heavy atom. The Labute approximate surface area is 115 Å². The van der Waals surface area contributed by atoms with Gasteiger partial charge in [-0.15, -0.1) is 0 Å². The first-order valence-electron chi connectivity index (χ1n) is 6.10. The number of aromatic amines is 1. The fraction of sp³-hybridized carbons (Fsp3) is 0.231. The van der Waals surface area contributed by atoms with Crippen LogP contribution in [0.1, 0.15) is 27.9 Å². The summed E-state index contributed by atoms with van der Waals surface area (Å²) in [6.45, 7) is 1.82. The second-order valence-corrected chi connectivity index (χ2v) is 4.52. The number of hydrogen-bond donors (Lipinski definition) is 4. The van der Waals surface area contributed by atoms with Gasteiger partial charge in [-0.2, -0.15) is 5.10 Å². The lowest BCUT2D eigenvalue weighted by atomic mass is 10.1. The second-order valence-electron chi connectivity index (χ2n) is 4.52. The minimum Gasteiger partial charge on any atom is -0.504 e. The molecule has 7 nitrogen and oxygen atoms in total. The second kappa shape index (κ2) is 4.44. The lowest BCUT2D eigenvalue weighted by Gasteiger charge is -2.26. The number of rotatable bonds is 2. The van der Waals surface area contributed by atoms with E-state index in [1.165, 1.54) is 7.11 Å². The lowest BCUT2D eigenvalue weighted by molar-refractivity contribution is 0.0930. The number of para-hydroxylation sites is 1. The number of anilines is 1. The fourth-order valence-electron chi connectivity index (χ4n) is 2.24. The molecule has 4 N–H and O–H groups in total. The number of carbonyl (C=O) groups excluding carboxylic acids is 1. The van der Waals surface area contributed by atoms with Crippen LogP contribution in [0.2, 0.25) is 0 Å². The minimum absolute atomic E-state index is 0.00241. The Bertz CT molecular complexity index is 680. The van der Waals surface area contributed by atoms with E-state index >= 15 is 0 Å². The monoisotopic (exact) mass is 274 g/mol. The van der Waals surface area contributed by atoms with Gasteiger partial charge in [0.2, 0.25) is 0 Å². The van der Waals surface area contributed by atoms with E-state index in [1.54, 1.807) is 18.2 Å². The first-order valence-corrected chi connectivity index (χ1v) is 6.10. The van der Waals surface area contributed by atoms with Crippen molar-refractivity contribution in [1.29, 1.82) is 0 Å². The molecule has 7 heteroatoms. The van der Waals surface area contributed by atoms with Crippen LogP contribution in [0.5, 0.6) is 11.5 Å². The number of fused-ring (bicyclic) bond motifs is 1. The maximum atomic E-state index is 12.0. The number of amides is 1. The van der Waals surface area contributed by atoms with Gasteiger partial charge >= 0.3 is 0 Å². The Morgan fingerprint density at radius 1 is 1.35 bits per heavy atom. The largest absolute Gasteiger partial charge is 0.504 e. The molecule has 1 amide bonds. The van der Waals surface area contributed by atoms with E-state index in [0.717, 1.165) is 5.69 Å². The topological polar surface area (TPSA) is 99.3 Å². The molecule has 0 fully saturated rings. The lowest BCUT2D eigenvalue weighted by Crippen LogP contribution is -2.38. The van der Waals surface area contributed by atoms with Gasteiger partial charge in [-0.1, -0.05) is 12.1 Å². The Kier molecular flexibility index (Phi) is 2.74. The smallest absolute Gasteiger partial charge is 0.275 e. The molecule has 1 aliphatic rings. The van der Waals surface area contributed by atoms with Crippen molar-refractivity contribution < 1.29 is 14.6 Å². The summed E-state index contributed by atoms with van der Waals surface area (Å²) in [4.78, 5) is 12.0. The van der Waals surface area contributed by atoms with Crippen molar-refractivity contribution in [3.05, 3.63) is 35.2 Å². The highest BCUT2D eigenvalue weighted by Crippen LogP contribution is 2.36. The third kappa shape index (κ3) is 1.75. The number of carbonyl (C=O) groups is 1. The zero-order valence-electron chi connectivity index (χ0n) is 11.0. The summed E-state index contributed by atoms with van der Waals surface area (Å²) in [6.07, 6.45) is -0.540. The average molecular weight is 274 g/mol. The summed E-state index contributed by atoms with van der Waals surface area (Å²) in [5.41, 5.74) is 2.26. The number of ether oxygens (including phenoxy) is 1. The van der Waals surface area contributed by atoms with E-state index in [-0.39, 0.29) is 11.7 Å². The number of aromatic nitrogens is 2. The third-order valence-electron chi connectivity index (χ3n) is 3.29. The van der Waals surface area contributed by atoms with Gasteiger partial charge in [-0.3, -0.25) is 9.89 Å². The zero-order chi connectivity index (χ0) is 14.3. The number of phenolic OH excluding ortho intramolecular Hbond substituents is 1. The number of benzene rings is 1. The van der Waals surface area contributed by atoms with Crippen molar-refractivity contribution in [2.24, 2.45) is 0 Å². The summed E-state index contributed by atoms with van der Waals surface area (Å²) in [6, 6.07) is 5.12. The highest BCUT2D eigenvalue weighted by molar-refractivity contribution is 6.00.